The molecule has 0 spiro atoms. The van der Waals surface area contributed by atoms with Crippen LogP contribution >= 0.6 is 0 Å². The van der Waals surface area contributed by atoms with Gasteiger partial charge in [0.05, 0.1) is 26.4 Å². The Kier molecular flexibility index (Phi) is 13.8. The van der Waals surface area contributed by atoms with E-state index in [9.17, 15) is 0 Å². The maximum Gasteiger partial charge on any atom is 0.0701 e. The Balaban J connectivity index is 2.94. The van der Waals surface area contributed by atoms with Crippen LogP contribution < -0.4 is 5.73 Å². The van der Waals surface area contributed by atoms with Crippen molar-refractivity contribution in [1.82, 2.24) is 0 Å². The van der Waals surface area contributed by atoms with Crippen LogP contribution in [0.15, 0.2) is 0 Å². The second kappa shape index (κ2) is 13.9. The summed E-state index contributed by atoms with van der Waals surface area (Å²) in [6.07, 6.45) is 3.33. The minimum absolute atomic E-state index is 0.544. The quantitative estimate of drug-likeness (QED) is 0.504. The fourth-order valence-electron chi connectivity index (χ4n) is 1.19. The Bertz CT molecular complexity index is 145. The molecule has 0 rings (SSSR count). The number of rotatable bonds is 13. The molecule has 17 heavy (non-hydrogen) atoms. The van der Waals surface area contributed by atoms with E-state index in [4.69, 9.17) is 19.9 Å². The van der Waals surface area contributed by atoms with Crippen molar-refractivity contribution in [2.24, 2.45) is 11.7 Å². The molecule has 0 aliphatic carbocycles. The van der Waals surface area contributed by atoms with Gasteiger partial charge in [-0.1, -0.05) is 20.3 Å². The first-order valence-corrected chi connectivity index (χ1v) is 6.74. The lowest BCUT2D eigenvalue weighted by Crippen LogP contribution is -2.14. The standard InChI is InChI=1S/C13H29NO3/c1-3-4-6-15-8-10-17-11-9-16-7-5-13(2)12-14/h13H,3-12,14H2,1-2H3. The van der Waals surface area contributed by atoms with E-state index < -0.39 is 0 Å². The molecule has 0 aromatic rings. The zero-order chi connectivity index (χ0) is 12.8. The molecule has 0 aromatic carbocycles. The molecule has 0 amide bonds. The lowest BCUT2D eigenvalue weighted by molar-refractivity contribution is 0.0122. The van der Waals surface area contributed by atoms with Crippen molar-refractivity contribution in [2.45, 2.75) is 33.1 Å². The molecular weight excluding hydrogens is 218 g/mol. The van der Waals surface area contributed by atoms with Crippen molar-refractivity contribution in [2.75, 3.05) is 46.2 Å². The molecule has 4 nitrogen and oxygen atoms in total. The zero-order valence-corrected chi connectivity index (χ0v) is 11.5. The van der Waals surface area contributed by atoms with Gasteiger partial charge in [0.1, 0.15) is 0 Å². The number of hydrogen-bond acceptors (Lipinski definition) is 4. The topological polar surface area (TPSA) is 53.7 Å². The molecule has 0 radical (unpaired) electrons. The molecule has 1 unspecified atom stereocenters. The van der Waals surface area contributed by atoms with Gasteiger partial charge in [-0.25, -0.2) is 0 Å². The van der Waals surface area contributed by atoms with Crippen LogP contribution in [0, 0.1) is 5.92 Å². The average Bonchev–Trinajstić information content (AvgIpc) is 2.35. The summed E-state index contributed by atoms with van der Waals surface area (Å²) in [5.41, 5.74) is 5.51. The van der Waals surface area contributed by atoms with Crippen molar-refractivity contribution < 1.29 is 14.2 Å². The molecule has 104 valence electrons. The van der Waals surface area contributed by atoms with E-state index in [1.165, 1.54) is 6.42 Å². The number of unbranched alkanes of at least 4 members (excludes halogenated alkanes) is 1. The van der Waals surface area contributed by atoms with Crippen LogP contribution in [0.5, 0.6) is 0 Å². The Morgan fingerprint density at radius 3 is 1.94 bits per heavy atom. The molecule has 0 saturated heterocycles. The van der Waals surface area contributed by atoms with Gasteiger partial charge in [-0.2, -0.15) is 0 Å². The van der Waals surface area contributed by atoms with Gasteiger partial charge in [-0.05, 0) is 25.3 Å². The van der Waals surface area contributed by atoms with Gasteiger partial charge in [0.25, 0.3) is 0 Å². The Hall–Kier alpha value is -0.160. The summed E-state index contributed by atoms with van der Waals surface area (Å²) in [6, 6.07) is 0. The molecule has 0 aliphatic rings. The van der Waals surface area contributed by atoms with Crippen LogP contribution in [0.4, 0.5) is 0 Å². The minimum atomic E-state index is 0.544. The molecule has 0 saturated carbocycles. The fourth-order valence-corrected chi connectivity index (χ4v) is 1.19. The van der Waals surface area contributed by atoms with Crippen molar-refractivity contribution in [3.63, 3.8) is 0 Å². The zero-order valence-electron chi connectivity index (χ0n) is 11.5. The van der Waals surface area contributed by atoms with E-state index in [0.717, 1.165) is 32.6 Å². The predicted octanol–water partition coefficient (Wildman–Crippen LogP) is 1.82. The normalized spacial score (nSPS) is 12.9. The van der Waals surface area contributed by atoms with Crippen LogP contribution in [-0.2, 0) is 14.2 Å². The van der Waals surface area contributed by atoms with E-state index in [-0.39, 0.29) is 0 Å². The lowest BCUT2D eigenvalue weighted by atomic mass is 10.1. The van der Waals surface area contributed by atoms with Crippen LogP contribution in [0.1, 0.15) is 33.1 Å². The van der Waals surface area contributed by atoms with E-state index in [0.29, 0.717) is 32.3 Å². The smallest absolute Gasteiger partial charge is 0.0701 e. The largest absolute Gasteiger partial charge is 0.379 e. The van der Waals surface area contributed by atoms with Crippen LogP contribution in [0.2, 0.25) is 0 Å². The first-order valence-electron chi connectivity index (χ1n) is 6.74. The summed E-state index contributed by atoms with van der Waals surface area (Å²) in [5, 5.41) is 0. The highest BCUT2D eigenvalue weighted by atomic mass is 16.5. The Labute approximate surface area is 106 Å². The van der Waals surface area contributed by atoms with E-state index in [2.05, 4.69) is 13.8 Å². The average molecular weight is 247 g/mol. The number of nitrogens with two attached hydrogens (primary N) is 1. The van der Waals surface area contributed by atoms with Gasteiger partial charge in [-0.15, -0.1) is 0 Å². The highest BCUT2D eigenvalue weighted by Crippen LogP contribution is 1.98. The molecule has 0 fully saturated rings. The van der Waals surface area contributed by atoms with Crippen molar-refractivity contribution in [1.29, 1.82) is 0 Å². The van der Waals surface area contributed by atoms with Crippen LogP contribution in [0.25, 0.3) is 0 Å². The maximum atomic E-state index is 5.51. The monoisotopic (exact) mass is 247 g/mol. The van der Waals surface area contributed by atoms with Crippen LogP contribution in [-0.4, -0.2) is 46.2 Å². The molecule has 0 bridgehead atoms. The molecule has 2 N–H and O–H groups in total. The highest BCUT2D eigenvalue weighted by Gasteiger charge is 1.98. The van der Waals surface area contributed by atoms with E-state index in [1.54, 1.807) is 0 Å². The van der Waals surface area contributed by atoms with Crippen molar-refractivity contribution >= 4 is 0 Å². The first-order chi connectivity index (χ1) is 8.31. The predicted molar refractivity (Wildman–Crippen MR) is 70.2 cm³/mol. The third-order valence-corrected chi connectivity index (χ3v) is 2.54. The maximum absolute atomic E-state index is 5.51. The second-order valence-corrected chi connectivity index (χ2v) is 4.32. The van der Waals surface area contributed by atoms with Crippen LogP contribution in [0.3, 0.4) is 0 Å². The summed E-state index contributed by atoms with van der Waals surface area (Å²) < 4.78 is 16.2. The summed E-state index contributed by atoms with van der Waals surface area (Å²) in [6.45, 7) is 9.28. The summed E-state index contributed by atoms with van der Waals surface area (Å²) in [5.74, 6) is 0.544. The Morgan fingerprint density at radius 1 is 0.882 bits per heavy atom. The second-order valence-electron chi connectivity index (χ2n) is 4.32. The van der Waals surface area contributed by atoms with E-state index >= 15 is 0 Å². The van der Waals surface area contributed by atoms with Gasteiger partial charge in [0.15, 0.2) is 0 Å². The number of hydrogen-bond donors (Lipinski definition) is 1. The van der Waals surface area contributed by atoms with Crippen molar-refractivity contribution in [3.8, 4) is 0 Å². The summed E-state index contributed by atoms with van der Waals surface area (Å²) >= 11 is 0. The summed E-state index contributed by atoms with van der Waals surface area (Å²) in [4.78, 5) is 0. The Morgan fingerprint density at radius 2 is 1.41 bits per heavy atom. The molecule has 4 heteroatoms. The highest BCUT2D eigenvalue weighted by molar-refractivity contribution is 4.51. The van der Waals surface area contributed by atoms with Gasteiger partial charge >= 0.3 is 0 Å². The third kappa shape index (κ3) is 13.8. The van der Waals surface area contributed by atoms with Gasteiger partial charge in [0, 0.05) is 13.2 Å². The lowest BCUT2D eigenvalue weighted by Gasteiger charge is -2.09. The van der Waals surface area contributed by atoms with Gasteiger partial charge in [0.2, 0.25) is 0 Å². The third-order valence-electron chi connectivity index (χ3n) is 2.54. The fraction of sp³-hybridized carbons (Fsp3) is 1.00. The summed E-state index contributed by atoms with van der Waals surface area (Å²) in [7, 11) is 0. The van der Waals surface area contributed by atoms with E-state index in [1.807, 2.05) is 0 Å². The number of ether oxygens (including phenoxy) is 3. The van der Waals surface area contributed by atoms with Gasteiger partial charge in [-0.3, -0.25) is 0 Å². The SMILES string of the molecule is CCCCOCCOCCOCCC(C)CN. The molecule has 0 aliphatic heterocycles. The van der Waals surface area contributed by atoms with Gasteiger partial charge < -0.3 is 19.9 Å². The molecule has 0 aromatic heterocycles. The minimum Gasteiger partial charge on any atom is -0.379 e. The molecular formula is C13H29NO3. The molecule has 1 atom stereocenters. The van der Waals surface area contributed by atoms with Crippen molar-refractivity contribution in [3.05, 3.63) is 0 Å². The molecule has 0 heterocycles. The first kappa shape index (κ1) is 16.8.